The third-order valence-corrected chi connectivity index (χ3v) is 9.10. The average Bonchev–Trinajstić information content (AvgIpc) is 3.65. The monoisotopic (exact) mass is 589 g/mol. The lowest BCUT2D eigenvalue weighted by molar-refractivity contribution is -0.124. The zero-order valence-corrected chi connectivity index (χ0v) is 24.0. The first-order chi connectivity index (χ1) is 18.7. The standard InChI is InChI=1S/C26H32ClN7O3S2/c1-31-23(36)14(4-2-3-7-32-26(29)30)8-21(35)19-13-39-24(33-19)20-10-16(28)11-34(20)25(37)15-5-6-17-18(27)12-38-22(17)9-15/h5-6,9,12-14,16,20H,2-4,7-8,10-11,28H2,1H3,(H,31,36)(H4,29,30,32)/t14-,16-,20+/m1/s1. The molecule has 13 heteroatoms. The molecule has 0 saturated carbocycles. The van der Waals surface area contributed by atoms with Gasteiger partial charge in [0, 0.05) is 64.9 Å². The van der Waals surface area contributed by atoms with Crippen LogP contribution in [0.15, 0.2) is 34.0 Å². The molecule has 39 heavy (non-hydrogen) atoms. The van der Waals surface area contributed by atoms with E-state index < -0.39 is 5.92 Å². The average molecular weight is 590 g/mol. The van der Waals surface area contributed by atoms with Crippen LogP contribution < -0.4 is 22.5 Å². The van der Waals surface area contributed by atoms with Crippen LogP contribution in [0.3, 0.4) is 0 Å². The maximum Gasteiger partial charge on any atom is 0.254 e. The largest absolute Gasteiger partial charge is 0.370 e. The van der Waals surface area contributed by atoms with Crippen LogP contribution in [0.5, 0.6) is 0 Å². The molecule has 2 aromatic heterocycles. The summed E-state index contributed by atoms with van der Waals surface area (Å²) >= 11 is 9.04. The van der Waals surface area contributed by atoms with Gasteiger partial charge in [0.2, 0.25) is 5.91 Å². The second-order valence-corrected chi connectivity index (χ2v) is 11.8. The van der Waals surface area contributed by atoms with Crippen LogP contribution in [0.25, 0.3) is 10.1 Å². The Morgan fingerprint density at radius 3 is 2.77 bits per heavy atom. The van der Waals surface area contributed by atoms with E-state index in [0.717, 1.165) is 10.1 Å². The molecule has 0 spiro atoms. The Morgan fingerprint density at radius 2 is 2.03 bits per heavy atom. The predicted octanol–water partition coefficient (Wildman–Crippen LogP) is 3.30. The molecule has 0 unspecified atom stereocenters. The molecule has 3 aromatic rings. The highest BCUT2D eigenvalue weighted by molar-refractivity contribution is 7.17. The van der Waals surface area contributed by atoms with Crippen molar-refractivity contribution < 1.29 is 14.4 Å². The number of aromatic nitrogens is 1. The number of guanidine groups is 1. The maximum absolute atomic E-state index is 13.5. The third-order valence-electron chi connectivity index (χ3n) is 6.77. The van der Waals surface area contributed by atoms with E-state index in [1.807, 2.05) is 17.5 Å². The number of thiophene rings is 1. The van der Waals surface area contributed by atoms with E-state index in [4.69, 9.17) is 28.8 Å². The number of fused-ring (bicyclic) bond motifs is 1. The SMILES string of the molecule is CNC(=O)[C@H](CCCCN=C(N)N)CC(=O)c1csc([C@@H]2C[C@@H](N)CN2C(=O)c2ccc3c(Cl)csc3c2)n1. The summed E-state index contributed by atoms with van der Waals surface area (Å²) in [5, 5.41) is 8.43. The number of carbonyl (C=O) groups is 3. The minimum absolute atomic E-state index is 0.0318. The van der Waals surface area contributed by atoms with E-state index in [1.165, 1.54) is 22.7 Å². The number of nitrogens with zero attached hydrogens (tertiary/aromatic N) is 3. The number of likely N-dealkylation sites (tertiary alicyclic amines) is 1. The van der Waals surface area contributed by atoms with Crippen molar-refractivity contribution in [2.75, 3.05) is 20.1 Å². The van der Waals surface area contributed by atoms with Crippen molar-refractivity contribution in [2.24, 2.45) is 28.1 Å². The van der Waals surface area contributed by atoms with Gasteiger partial charge in [-0.25, -0.2) is 4.98 Å². The minimum atomic E-state index is -0.481. The Morgan fingerprint density at radius 1 is 1.23 bits per heavy atom. The number of amides is 2. The topological polar surface area (TPSA) is 170 Å². The smallest absolute Gasteiger partial charge is 0.254 e. The van der Waals surface area contributed by atoms with Gasteiger partial charge in [0.05, 0.1) is 11.1 Å². The molecule has 3 atom stereocenters. The van der Waals surface area contributed by atoms with Crippen LogP contribution in [0, 0.1) is 5.92 Å². The molecule has 0 aliphatic carbocycles. The summed E-state index contributed by atoms with van der Waals surface area (Å²) in [7, 11) is 1.56. The number of rotatable bonds is 11. The molecule has 4 rings (SSSR count). The molecule has 1 fully saturated rings. The predicted molar refractivity (Wildman–Crippen MR) is 156 cm³/mol. The summed E-state index contributed by atoms with van der Waals surface area (Å²) in [5.41, 5.74) is 17.8. The molecule has 0 bridgehead atoms. The summed E-state index contributed by atoms with van der Waals surface area (Å²) in [6.45, 7) is 0.869. The second-order valence-electron chi connectivity index (χ2n) is 9.58. The first-order valence-corrected chi connectivity index (χ1v) is 14.8. The van der Waals surface area contributed by atoms with Crippen molar-refractivity contribution in [1.29, 1.82) is 0 Å². The van der Waals surface area contributed by atoms with E-state index in [-0.39, 0.29) is 42.1 Å². The number of hydrogen-bond donors (Lipinski definition) is 4. The van der Waals surface area contributed by atoms with Crippen molar-refractivity contribution in [1.82, 2.24) is 15.2 Å². The number of Topliss-reactive ketones (excluding diaryl/α,β-unsaturated/α-hetero) is 1. The number of aliphatic imine (C=N–C) groups is 1. The molecule has 1 aliphatic rings. The first kappa shape index (κ1) is 28.9. The number of halogens is 1. The van der Waals surface area contributed by atoms with Crippen molar-refractivity contribution in [3.63, 3.8) is 0 Å². The van der Waals surface area contributed by atoms with E-state index in [0.29, 0.717) is 60.1 Å². The number of hydrogen-bond acceptors (Lipinski definition) is 8. The van der Waals surface area contributed by atoms with Gasteiger partial charge >= 0.3 is 0 Å². The minimum Gasteiger partial charge on any atom is -0.370 e. The molecular weight excluding hydrogens is 558 g/mol. The van der Waals surface area contributed by atoms with Crippen molar-refractivity contribution in [3.8, 4) is 0 Å². The lowest BCUT2D eigenvalue weighted by Crippen LogP contribution is -2.33. The Kier molecular flexibility index (Phi) is 9.54. The zero-order chi connectivity index (χ0) is 28.1. The lowest BCUT2D eigenvalue weighted by Gasteiger charge is -2.23. The number of benzene rings is 1. The second kappa shape index (κ2) is 12.9. The Labute approximate surface area is 239 Å². The molecule has 208 valence electrons. The van der Waals surface area contributed by atoms with Crippen LogP contribution in [-0.2, 0) is 4.79 Å². The molecule has 2 amide bonds. The Hall–Kier alpha value is -3.06. The van der Waals surface area contributed by atoms with Crippen LogP contribution >= 0.6 is 34.3 Å². The fourth-order valence-electron chi connectivity index (χ4n) is 4.76. The molecule has 3 heterocycles. The van der Waals surface area contributed by atoms with E-state index in [2.05, 4.69) is 15.3 Å². The van der Waals surface area contributed by atoms with Gasteiger partial charge in [0.1, 0.15) is 10.7 Å². The maximum atomic E-state index is 13.5. The normalized spacial score (nSPS) is 17.8. The molecule has 0 radical (unpaired) electrons. The van der Waals surface area contributed by atoms with Gasteiger partial charge in [-0.05, 0) is 31.4 Å². The number of unbranched alkanes of at least 4 members (excludes halogenated alkanes) is 1. The van der Waals surface area contributed by atoms with E-state index in [9.17, 15) is 14.4 Å². The summed E-state index contributed by atoms with van der Waals surface area (Å²) in [4.78, 5) is 49.3. The van der Waals surface area contributed by atoms with Gasteiger partial charge in [-0.15, -0.1) is 22.7 Å². The molecule has 10 nitrogen and oxygen atoms in total. The third kappa shape index (κ3) is 6.93. The van der Waals surface area contributed by atoms with Crippen LogP contribution in [0.2, 0.25) is 5.02 Å². The molecular formula is C26H32ClN7O3S2. The molecule has 1 aliphatic heterocycles. The van der Waals surface area contributed by atoms with E-state index >= 15 is 0 Å². The number of nitrogens with one attached hydrogen (secondary N) is 1. The van der Waals surface area contributed by atoms with Gasteiger partial charge in [0.25, 0.3) is 5.91 Å². The Balaban J connectivity index is 1.44. The van der Waals surface area contributed by atoms with Crippen LogP contribution in [-0.4, -0.2) is 59.6 Å². The summed E-state index contributed by atoms with van der Waals surface area (Å²) < 4.78 is 0.940. The molecule has 7 N–H and O–H groups in total. The number of ketones is 1. The Bertz CT molecular complexity index is 1380. The lowest BCUT2D eigenvalue weighted by atomic mass is 9.94. The van der Waals surface area contributed by atoms with Crippen LogP contribution in [0.4, 0.5) is 0 Å². The van der Waals surface area contributed by atoms with Crippen molar-refractivity contribution in [3.05, 3.63) is 50.2 Å². The number of nitrogens with two attached hydrogens (primary N) is 3. The quantitative estimate of drug-likeness (QED) is 0.115. The van der Waals surface area contributed by atoms with Gasteiger partial charge in [-0.3, -0.25) is 19.4 Å². The van der Waals surface area contributed by atoms with E-state index in [1.54, 1.807) is 23.4 Å². The fraction of sp³-hybridized carbons (Fsp3) is 0.423. The first-order valence-electron chi connectivity index (χ1n) is 12.7. The number of thiazole rings is 1. The van der Waals surface area contributed by atoms with Gasteiger partial charge in [-0.1, -0.05) is 24.1 Å². The molecule has 1 aromatic carbocycles. The number of carbonyl (C=O) groups excluding carboxylic acids is 3. The van der Waals surface area contributed by atoms with Crippen LogP contribution in [0.1, 0.15) is 64.0 Å². The van der Waals surface area contributed by atoms with Gasteiger partial charge in [0.15, 0.2) is 11.7 Å². The van der Waals surface area contributed by atoms with Crippen molar-refractivity contribution in [2.45, 2.75) is 44.2 Å². The fourth-order valence-corrected chi connectivity index (χ4v) is 6.92. The summed E-state index contributed by atoms with van der Waals surface area (Å²) in [6, 6.07) is 4.96. The van der Waals surface area contributed by atoms with Gasteiger partial charge < -0.3 is 27.4 Å². The van der Waals surface area contributed by atoms with Gasteiger partial charge in [-0.2, -0.15) is 0 Å². The highest BCUT2D eigenvalue weighted by Crippen LogP contribution is 2.36. The van der Waals surface area contributed by atoms with Crippen molar-refractivity contribution >= 4 is 67.9 Å². The highest BCUT2D eigenvalue weighted by Gasteiger charge is 2.37. The summed E-state index contributed by atoms with van der Waals surface area (Å²) in [5.74, 6) is -0.989. The zero-order valence-electron chi connectivity index (χ0n) is 21.6. The molecule has 1 saturated heterocycles. The summed E-state index contributed by atoms with van der Waals surface area (Å²) in [6.07, 6.45) is 2.53. The highest BCUT2D eigenvalue weighted by atomic mass is 35.5.